The molecular formula is C15H21N3. The summed E-state index contributed by atoms with van der Waals surface area (Å²) in [6.45, 7) is 5.82. The highest BCUT2D eigenvalue weighted by atomic mass is 15.1. The van der Waals surface area contributed by atoms with Gasteiger partial charge < -0.3 is 10.2 Å². The lowest BCUT2D eigenvalue weighted by Gasteiger charge is -2.32. The van der Waals surface area contributed by atoms with Crippen molar-refractivity contribution in [1.82, 2.24) is 4.90 Å². The van der Waals surface area contributed by atoms with E-state index in [-0.39, 0.29) is 0 Å². The molecule has 96 valence electrons. The second-order valence-corrected chi connectivity index (χ2v) is 4.95. The molecule has 1 aliphatic heterocycles. The Kier molecular flexibility index (Phi) is 4.60. The molecule has 0 spiro atoms. The molecule has 1 aromatic carbocycles. The Bertz CT molecular complexity index is 414. The van der Waals surface area contributed by atoms with Gasteiger partial charge in [-0.1, -0.05) is 13.0 Å². The summed E-state index contributed by atoms with van der Waals surface area (Å²) >= 11 is 0. The number of benzene rings is 1. The fourth-order valence-electron chi connectivity index (χ4n) is 2.53. The number of nitrogens with zero attached hydrogens (tertiary/aromatic N) is 2. The molecule has 1 saturated heterocycles. The number of nitriles is 1. The van der Waals surface area contributed by atoms with E-state index >= 15 is 0 Å². The van der Waals surface area contributed by atoms with Crippen molar-refractivity contribution in [3.63, 3.8) is 0 Å². The van der Waals surface area contributed by atoms with Gasteiger partial charge >= 0.3 is 0 Å². The molecule has 0 aliphatic carbocycles. The lowest BCUT2D eigenvalue weighted by molar-refractivity contribution is 0.219. The first-order valence-electron chi connectivity index (χ1n) is 6.81. The zero-order chi connectivity index (χ0) is 12.8. The molecule has 18 heavy (non-hydrogen) atoms. The van der Waals surface area contributed by atoms with Gasteiger partial charge in [0.05, 0.1) is 11.6 Å². The molecule has 0 unspecified atom stereocenters. The van der Waals surface area contributed by atoms with Crippen LogP contribution in [0.1, 0.15) is 31.7 Å². The summed E-state index contributed by atoms with van der Waals surface area (Å²) in [7, 11) is 0. The Morgan fingerprint density at radius 2 is 2.17 bits per heavy atom. The number of piperidine rings is 1. The molecule has 1 heterocycles. The summed E-state index contributed by atoms with van der Waals surface area (Å²) in [6, 6.07) is 10.5. The second kappa shape index (κ2) is 6.42. The molecule has 3 nitrogen and oxygen atoms in total. The van der Waals surface area contributed by atoms with Crippen molar-refractivity contribution in [2.45, 2.75) is 32.2 Å². The number of hydrogen-bond donors (Lipinski definition) is 1. The first kappa shape index (κ1) is 12.9. The van der Waals surface area contributed by atoms with Gasteiger partial charge in [0.25, 0.3) is 0 Å². The molecular weight excluding hydrogens is 222 g/mol. The van der Waals surface area contributed by atoms with Crippen molar-refractivity contribution >= 4 is 5.69 Å². The highest BCUT2D eigenvalue weighted by Crippen LogP contribution is 2.17. The van der Waals surface area contributed by atoms with Gasteiger partial charge in [0.2, 0.25) is 0 Å². The molecule has 0 saturated carbocycles. The Morgan fingerprint density at radius 1 is 1.39 bits per heavy atom. The summed E-state index contributed by atoms with van der Waals surface area (Å²) in [5.41, 5.74) is 1.80. The largest absolute Gasteiger partial charge is 0.382 e. The molecule has 0 atom stereocenters. The van der Waals surface area contributed by atoms with Gasteiger partial charge in [0, 0.05) is 24.8 Å². The molecule has 3 heteroatoms. The zero-order valence-corrected chi connectivity index (χ0v) is 11.0. The lowest BCUT2D eigenvalue weighted by atomic mass is 10.0. The van der Waals surface area contributed by atoms with E-state index in [4.69, 9.17) is 5.26 Å². The van der Waals surface area contributed by atoms with Crippen LogP contribution in [0.25, 0.3) is 0 Å². The maximum atomic E-state index is 8.88. The van der Waals surface area contributed by atoms with Crippen LogP contribution in [0.5, 0.6) is 0 Å². The van der Waals surface area contributed by atoms with Crippen molar-refractivity contribution in [2.75, 3.05) is 25.0 Å². The van der Waals surface area contributed by atoms with E-state index in [1.807, 2.05) is 24.3 Å². The first-order valence-corrected chi connectivity index (χ1v) is 6.81. The molecule has 1 aromatic rings. The SMILES string of the molecule is CCCN1CCC(Nc2cccc(C#N)c2)CC1. The highest BCUT2D eigenvalue weighted by Gasteiger charge is 2.18. The predicted molar refractivity (Wildman–Crippen MR) is 74.5 cm³/mol. The van der Waals surface area contributed by atoms with Crippen molar-refractivity contribution < 1.29 is 0 Å². The minimum absolute atomic E-state index is 0.548. The minimum Gasteiger partial charge on any atom is -0.382 e. The molecule has 1 N–H and O–H groups in total. The number of hydrogen-bond acceptors (Lipinski definition) is 3. The van der Waals surface area contributed by atoms with Crippen LogP contribution >= 0.6 is 0 Å². The Labute approximate surface area is 109 Å². The quantitative estimate of drug-likeness (QED) is 0.883. The van der Waals surface area contributed by atoms with Crippen LogP contribution in [-0.4, -0.2) is 30.6 Å². The summed E-state index contributed by atoms with van der Waals surface area (Å²) in [4.78, 5) is 2.53. The van der Waals surface area contributed by atoms with E-state index in [2.05, 4.69) is 23.2 Å². The van der Waals surface area contributed by atoms with E-state index in [0.29, 0.717) is 6.04 Å². The van der Waals surface area contributed by atoms with Crippen LogP contribution in [0.3, 0.4) is 0 Å². The van der Waals surface area contributed by atoms with Crippen LogP contribution in [0.15, 0.2) is 24.3 Å². The number of nitrogens with one attached hydrogen (secondary N) is 1. The van der Waals surface area contributed by atoms with Gasteiger partial charge in [-0.25, -0.2) is 0 Å². The molecule has 0 radical (unpaired) electrons. The Balaban J connectivity index is 1.86. The van der Waals surface area contributed by atoms with E-state index in [0.717, 1.165) is 11.3 Å². The maximum Gasteiger partial charge on any atom is 0.0992 e. The number of anilines is 1. The Hall–Kier alpha value is -1.53. The molecule has 1 aliphatic rings. The van der Waals surface area contributed by atoms with Crippen molar-refractivity contribution in [2.24, 2.45) is 0 Å². The smallest absolute Gasteiger partial charge is 0.0992 e. The lowest BCUT2D eigenvalue weighted by Crippen LogP contribution is -2.39. The number of likely N-dealkylation sites (tertiary alicyclic amines) is 1. The van der Waals surface area contributed by atoms with Gasteiger partial charge in [0.15, 0.2) is 0 Å². The van der Waals surface area contributed by atoms with Crippen molar-refractivity contribution in [3.05, 3.63) is 29.8 Å². The average Bonchev–Trinajstić information content (AvgIpc) is 2.42. The summed E-state index contributed by atoms with van der Waals surface area (Å²) in [6.07, 6.45) is 3.62. The molecule has 2 rings (SSSR count). The topological polar surface area (TPSA) is 39.1 Å². The third-order valence-corrected chi connectivity index (χ3v) is 3.49. The van der Waals surface area contributed by atoms with Gasteiger partial charge in [-0.3, -0.25) is 0 Å². The van der Waals surface area contributed by atoms with Crippen LogP contribution in [-0.2, 0) is 0 Å². The minimum atomic E-state index is 0.548. The zero-order valence-electron chi connectivity index (χ0n) is 11.0. The van der Waals surface area contributed by atoms with Crippen molar-refractivity contribution in [1.29, 1.82) is 5.26 Å². The van der Waals surface area contributed by atoms with Crippen molar-refractivity contribution in [3.8, 4) is 6.07 Å². The van der Waals surface area contributed by atoms with E-state index in [1.165, 1.54) is 38.9 Å². The van der Waals surface area contributed by atoms with Crippen LogP contribution in [0, 0.1) is 11.3 Å². The summed E-state index contributed by atoms with van der Waals surface area (Å²) in [5.74, 6) is 0. The summed E-state index contributed by atoms with van der Waals surface area (Å²) < 4.78 is 0. The highest BCUT2D eigenvalue weighted by molar-refractivity contribution is 5.49. The van der Waals surface area contributed by atoms with E-state index in [9.17, 15) is 0 Å². The molecule has 0 aromatic heterocycles. The standard InChI is InChI=1S/C15H21N3/c1-2-8-18-9-6-14(7-10-18)17-15-5-3-4-13(11-15)12-16/h3-5,11,14,17H,2,6-10H2,1H3. The van der Waals surface area contributed by atoms with Gasteiger partial charge in [-0.05, 0) is 44.0 Å². The summed E-state index contributed by atoms with van der Waals surface area (Å²) in [5, 5.41) is 12.4. The first-order chi connectivity index (χ1) is 8.81. The fraction of sp³-hybridized carbons (Fsp3) is 0.533. The van der Waals surface area contributed by atoms with Gasteiger partial charge in [-0.15, -0.1) is 0 Å². The van der Waals surface area contributed by atoms with Crippen LogP contribution in [0.2, 0.25) is 0 Å². The van der Waals surface area contributed by atoms with Gasteiger partial charge in [-0.2, -0.15) is 5.26 Å². The molecule has 1 fully saturated rings. The maximum absolute atomic E-state index is 8.88. The predicted octanol–water partition coefficient (Wildman–Crippen LogP) is 2.84. The van der Waals surface area contributed by atoms with Crippen LogP contribution in [0.4, 0.5) is 5.69 Å². The number of rotatable bonds is 4. The molecule has 0 bridgehead atoms. The fourth-order valence-corrected chi connectivity index (χ4v) is 2.53. The van der Waals surface area contributed by atoms with Gasteiger partial charge in [0.1, 0.15) is 0 Å². The van der Waals surface area contributed by atoms with E-state index < -0.39 is 0 Å². The normalized spacial score (nSPS) is 17.3. The second-order valence-electron chi connectivity index (χ2n) is 4.95. The Morgan fingerprint density at radius 3 is 2.83 bits per heavy atom. The average molecular weight is 243 g/mol. The van der Waals surface area contributed by atoms with E-state index in [1.54, 1.807) is 0 Å². The third-order valence-electron chi connectivity index (χ3n) is 3.49. The third kappa shape index (κ3) is 3.48. The monoisotopic (exact) mass is 243 g/mol. The molecule has 0 amide bonds. The van der Waals surface area contributed by atoms with Crippen LogP contribution < -0.4 is 5.32 Å².